The summed E-state index contributed by atoms with van der Waals surface area (Å²) in [5.41, 5.74) is 2.37. The standard InChI is InChI=1S/C60H68F5N11O8/c1-81-59(79)70-52(33-13-23-83-24-14-33)57(77)74-17-3-5-50(74)55-66-44-29-38(40(62)31-46(44)68-55)48-11-12-49(76(48)37-27-42(64)54(43(65)28-37)73-21-19-72(20-22-73)36-9-7-35(61)8-10-36)39-30-45-47(32-41(39)63)69-56(67-45)51-6-4-18-75(51)58(78)53(71-60(80)82-2)34-15-25-84-26-16-34/h7-10,27-34,48-53H,3-6,11-26H2,1-2H3,(H,66,68)(H,67,69)(H,70,79)(H,71,80)/t48-,49-,50+,51+,52+,53+/m1/s1. The van der Waals surface area contributed by atoms with Crippen molar-refractivity contribution in [3.63, 3.8) is 0 Å². The van der Waals surface area contributed by atoms with Crippen LogP contribution in [0.3, 0.4) is 0 Å². The van der Waals surface area contributed by atoms with Crippen LogP contribution in [0.2, 0.25) is 0 Å². The van der Waals surface area contributed by atoms with Crippen LogP contribution in [-0.2, 0) is 28.5 Å². The zero-order valence-electron chi connectivity index (χ0n) is 46.8. The Morgan fingerprint density at radius 2 is 0.976 bits per heavy atom. The first-order valence-electron chi connectivity index (χ1n) is 29.1. The molecule has 0 aliphatic carbocycles. The number of aromatic amines is 2. The zero-order valence-corrected chi connectivity index (χ0v) is 46.8. The van der Waals surface area contributed by atoms with Crippen molar-refractivity contribution in [1.29, 1.82) is 0 Å². The Hall–Kier alpha value is -7.73. The number of piperazine rings is 1. The minimum absolute atomic E-state index is 0.0511. The van der Waals surface area contributed by atoms with E-state index in [9.17, 15) is 23.6 Å². The van der Waals surface area contributed by atoms with Crippen molar-refractivity contribution >= 4 is 63.1 Å². The van der Waals surface area contributed by atoms with Gasteiger partial charge in [-0.3, -0.25) is 9.59 Å². The average Bonchev–Trinajstić information content (AvgIpc) is 2.77. The molecular weight excluding hydrogens is 1100 g/mol. The van der Waals surface area contributed by atoms with Gasteiger partial charge in [0.05, 0.1) is 60.5 Å². The predicted octanol–water partition coefficient (Wildman–Crippen LogP) is 9.17. The van der Waals surface area contributed by atoms with Crippen LogP contribution >= 0.6 is 0 Å². The molecule has 2 aromatic heterocycles. The highest BCUT2D eigenvalue weighted by atomic mass is 19.1. The molecule has 4 aromatic carbocycles. The molecule has 4 amide bonds. The molecule has 6 saturated heterocycles. The monoisotopic (exact) mass is 1170 g/mol. The van der Waals surface area contributed by atoms with Crippen molar-refractivity contribution in [3.05, 3.63) is 113 Å². The minimum Gasteiger partial charge on any atom is -0.453 e. The van der Waals surface area contributed by atoms with Gasteiger partial charge in [-0.05, 0) is 137 Å². The van der Waals surface area contributed by atoms with Crippen LogP contribution < -0.4 is 25.3 Å². The van der Waals surface area contributed by atoms with Gasteiger partial charge in [-0.25, -0.2) is 41.5 Å². The molecule has 84 heavy (non-hydrogen) atoms. The van der Waals surface area contributed by atoms with Gasteiger partial charge in [0.1, 0.15) is 46.9 Å². The van der Waals surface area contributed by atoms with Gasteiger partial charge in [0.25, 0.3) is 0 Å². The topological polar surface area (TPSA) is 203 Å². The van der Waals surface area contributed by atoms with E-state index in [1.54, 1.807) is 43.9 Å². The number of amides is 4. The van der Waals surface area contributed by atoms with Crippen LogP contribution in [0.15, 0.2) is 60.7 Å². The van der Waals surface area contributed by atoms with Crippen LogP contribution in [0.1, 0.15) is 111 Å². The molecule has 6 aromatic rings. The number of nitrogens with one attached hydrogen (secondary N) is 4. The fraction of sp³-hybridized carbons (Fsp3) is 0.500. The van der Waals surface area contributed by atoms with E-state index >= 15 is 17.6 Å². The van der Waals surface area contributed by atoms with Gasteiger partial charge in [-0.2, -0.15) is 0 Å². The summed E-state index contributed by atoms with van der Waals surface area (Å²) < 4.78 is 103. The van der Waals surface area contributed by atoms with Crippen LogP contribution in [-0.4, -0.2) is 146 Å². The first-order valence-corrected chi connectivity index (χ1v) is 29.1. The number of rotatable bonds is 13. The number of imidazole rings is 2. The molecule has 0 radical (unpaired) electrons. The van der Waals surface area contributed by atoms with Crippen molar-refractivity contribution in [2.45, 2.75) is 100 Å². The molecule has 0 saturated carbocycles. The number of carbonyl (C=O) groups excluding carboxylic acids is 4. The number of hydrogen-bond donors (Lipinski definition) is 4. The third kappa shape index (κ3) is 11.1. The van der Waals surface area contributed by atoms with Gasteiger partial charge in [-0.15, -0.1) is 0 Å². The highest BCUT2D eigenvalue weighted by Crippen LogP contribution is 2.50. The Bertz CT molecular complexity index is 3240. The Morgan fingerprint density at radius 1 is 0.536 bits per heavy atom. The lowest BCUT2D eigenvalue weighted by atomic mass is 9.90. The van der Waals surface area contributed by atoms with E-state index in [1.165, 1.54) is 50.6 Å². The second kappa shape index (κ2) is 24.1. The summed E-state index contributed by atoms with van der Waals surface area (Å²) in [5, 5.41) is 5.53. The largest absolute Gasteiger partial charge is 0.453 e. The van der Waals surface area contributed by atoms with Crippen molar-refractivity contribution in [1.82, 2.24) is 40.4 Å². The maximum Gasteiger partial charge on any atom is 0.407 e. The Balaban J connectivity index is 0.870. The van der Waals surface area contributed by atoms with Crippen molar-refractivity contribution < 1.29 is 60.1 Å². The number of aromatic nitrogens is 4. The zero-order chi connectivity index (χ0) is 58.3. The molecule has 6 fully saturated rings. The van der Waals surface area contributed by atoms with E-state index in [1.807, 2.05) is 4.90 Å². The number of benzene rings is 4. The smallest absolute Gasteiger partial charge is 0.407 e. The second-order valence-electron chi connectivity index (χ2n) is 22.8. The van der Waals surface area contributed by atoms with E-state index in [0.29, 0.717) is 138 Å². The maximum absolute atomic E-state index is 17.1. The average molecular weight is 1170 g/mol. The molecule has 12 rings (SSSR count). The molecular formula is C60H68F5N11O8. The van der Waals surface area contributed by atoms with Gasteiger partial charge in [0.2, 0.25) is 11.8 Å². The van der Waals surface area contributed by atoms with Crippen molar-refractivity contribution in [2.75, 3.05) is 94.6 Å². The summed E-state index contributed by atoms with van der Waals surface area (Å²) in [5.74, 6) is -3.49. The summed E-state index contributed by atoms with van der Waals surface area (Å²) in [6.45, 7) is 3.92. The third-order valence-corrected chi connectivity index (χ3v) is 18.1. The fourth-order valence-corrected chi connectivity index (χ4v) is 13.8. The van der Waals surface area contributed by atoms with Crippen LogP contribution in [0, 0.1) is 40.9 Å². The lowest BCUT2D eigenvalue weighted by Crippen LogP contribution is -2.53. The maximum atomic E-state index is 17.1. The molecule has 0 unspecified atom stereocenters. The molecule has 4 N–H and O–H groups in total. The van der Waals surface area contributed by atoms with Gasteiger partial charge in [0, 0.05) is 88.2 Å². The number of H-pyrrole nitrogens is 2. The SMILES string of the molecule is COC(=O)N[C@H](C(=O)N1CCC[C@H]1c1nc2cc([C@H]3CC[C@H](c4cc5nc([C@@H]6CCCN6C(=O)[C@@H](NC(=O)OC)C6CCOCC6)[nH]c5cc4F)N3c3cc(F)c(N4CCN(c5ccc(F)cc5)CC4)c(F)c3)c(F)cc2[nH]1)C1CCOCC1. The number of likely N-dealkylation sites (tertiary alicyclic amines) is 2. The first-order chi connectivity index (χ1) is 40.7. The highest BCUT2D eigenvalue weighted by Gasteiger charge is 2.44. The van der Waals surface area contributed by atoms with E-state index in [0.717, 1.165) is 5.69 Å². The minimum atomic E-state index is -0.900. The molecule has 8 heterocycles. The molecule has 446 valence electrons. The van der Waals surface area contributed by atoms with Gasteiger partial charge < -0.3 is 64.0 Å². The number of hydrogen-bond acceptors (Lipinski definition) is 13. The number of ether oxygens (including phenoxy) is 4. The lowest BCUT2D eigenvalue weighted by Gasteiger charge is -2.38. The summed E-state index contributed by atoms with van der Waals surface area (Å²) in [6, 6.07) is 9.71. The van der Waals surface area contributed by atoms with Crippen LogP contribution in [0.4, 0.5) is 48.6 Å². The highest BCUT2D eigenvalue weighted by molar-refractivity contribution is 5.88. The molecule has 24 heteroatoms. The number of anilines is 3. The summed E-state index contributed by atoms with van der Waals surface area (Å²) in [6.07, 6.45) is 3.66. The Kier molecular flexibility index (Phi) is 16.3. The molecule has 19 nitrogen and oxygen atoms in total. The second-order valence-corrected chi connectivity index (χ2v) is 22.8. The van der Waals surface area contributed by atoms with Crippen LogP contribution in [0.5, 0.6) is 0 Å². The van der Waals surface area contributed by atoms with E-state index in [4.69, 9.17) is 28.9 Å². The number of carbonyl (C=O) groups is 4. The van der Waals surface area contributed by atoms with E-state index < -0.39 is 71.7 Å². The first kappa shape index (κ1) is 56.7. The number of nitrogens with zero attached hydrogens (tertiary/aromatic N) is 7. The third-order valence-electron chi connectivity index (χ3n) is 18.1. The van der Waals surface area contributed by atoms with Gasteiger partial charge in [0.15, 0.2) is 11.6 Å². The summed E-state index contributed by atoms with van der Waals surface area (Å²) in [7, 11) is 2.48. The summed E-state index contributed by atoms with van der Waals surface area (Å²) >= 11 is 0. The normalized spacial score (nSPS) is 22.5. The number of halogens is 5. The number of fused-ring (bicyclic) bond motifs is 2. The molecule has 6 aliphatic rings. The molecule has 0 spiro atoms. The molecule has 6 aliphatic heterocycles. The molecule has 6 atom stereocenters. The number of methoxy groups -OCH3 is 2. The van der Waals surface area contributed by atoms with Crippen molar-refractivity contribution in [3.8, 4) is 0 Å². The van der Waals surface area contributed by atoms with Crippen molar-refractivity contribution in [2.24, 2.45) is 11.8 Å². The van der Waals surface area contributed by atoms with Crippen LogP contribution in [0.25, 0.3) is 22.1 Å². The molecule has 0 bridgehead atoms. The Labute approximate surface area is 481 Å². The van der Waals surface area contributed by atoms with Gasteiger partial charge in [-0.1, -0.05) is 0 Å². The quantitative estimate of drug-likeness (QED) is 0.0798. The van der Waals surface area contributed by atoms with E-state index in [-0.39, 0.29) is 77.9 Å². The predicted molar refractivity (Wildman–Crippen MR) is 300 cm³/mol. The van der Waals surface area contributed by atoms with Gasteiger partial charge >= 0.3 is 12.2 Å². The Morgan fingerprint density at radius 3 is 1.42 bits per heavy atom. The fourth-order valence-electron chi connectivity index (χ4n) is 13.8. The summed E-state index contributed by atoms with van der Waals surface area (Å²) in [4.78, 5) is 79.1. The number of alkyl carbamates (subject to hydrolysis) is 2. The van der Waals surface area contributed by atoms with E-state index in [2.05, 4.69) is 20.6 Å². The lowest BCUT2D eigenvalue weighted by molar-refractivity contribution is -0.137.